The molecule has 1 aromatic carbocycles. The zero-order valence-corrected chi connectivity index (χ0v) is 14.8. The van der Waals surface area contributed by atoms with Crippen LogP contribution in [0.4, 0.5) is 0 Å². The van der Waals surface area contributed by atoms with E-state index in [9.17, 15) is 4.79 Å². The molecule has 0 bridgehead atoms. The molecule has 122 valence electrons. The van der Waals surface area contributed by atoms with Gasteiger partial charge in [-0.3, -0.25) is 0 Å². The molecule has 0 saturated heterocycles. The van der Waals surface area contributed by atoms with E-state index in [-0.39, 0.29) is 10.8 Å². The number of esters is 1. The van der Waals surface area contributed by atoms with Crippen molar-refractivity contribution in [2.24, 2.45) is 0 Å². The minimum atomic E-state index is -0.428. The molecule has 0 saturated carbocycles. The minimum Gasteiger partial charge on any atom is -0.501 e. The Morgan fingerprint density at radius 1 is 1.09 bits per heavy atom. The van der Waals surface area contributed by atoms with Gasteiger partial charge in [0.25, 0.3) is 0 Å². The number of carbonyl (C=O) groups excluding carboxylic acids is 1. The molecule has 0 aromatic heterocycles. The number of benzene rings is 1. The normalized spacial score (nSPS) is 12.5. The Hall–Kier alpha value is -1.77. The molecule has 3 nitrogen and oxygen atoms in total. The minimum absolute atomic E-state index is 0.0530. The molecule has 0 atom stereocenters. The van der Waals surface area contributed by atoms with Crippen molar-refractivity contribution in [1.29, 1.82) is 0 Å². The molecule has 1 rings (SSSR count). The summed E-state index contributed by atoms with van der Waals surface area (Å²) in [7, 11) is 0. The zero-order chi connectivity index (χ0) is 17.0. The van der Waals surface area contributed by atoms with Gasteiger partial charge in [0.15, 0.2) is 0 Å². The first-order valence-corrected chi connectivity index (χ1v) is 7.70. The summed E-state index contributed by atoms with van der Waals surface area (Å²) in [6.45, 7) is 15.2. The van der Waals surface area contributed by atoms with Crippen LogP contribution in [0, 0.1) is 0 Å². The van der Waals surface area contributed by atoms with E-state index in [1.807, 2.05) is 19.1 Å². The van der Waals surface area contributed by atoms with Crippen molar-refractivity contribution in [1.82, 2.24) is 0 Å². The largest absolute Gasteiger partial charge is 0.501 e. The molecule has 0 radical (unpaired) electrons. The van der Waals surface area contributed by atoms with Crippen LogP contribution in [-0.2, 0) is 20.4 Å². The maximum atomic E-state index is 11.9. The fourth-order valence-corrected chi connectivity index (χ4v) is 2.01. The molecule has 0 unspecified atom stereocenters. The highest BCUT2D eigenvalue weighted by Crippen LogP contribution is 2.35. The van der Waals surface area contributed by atoms with Crippen molar-refractivity contribution < 1.29 is 14.3 Å². The summed E-state index contributed by atoms with van der Waals surface area (Å²) in [5.41, 5.74) is 2.19. The van der Waals surface area contributed by atoms with Crippen LogP contribution in [0.3, 0.4) is 0 Å². The molecule has 0 aliphatic heterocycles. The first kappa shape index (κ1) is 18.3. The molecule has 1 aromatic rings. The Morgan fingerprint density at radius 2 is 1.73 bits per heavy atom. The standard InChI is InChI=1S/C19H28O3/c1-8-21-12-11-17(20)22-16-10-9-14(18(2,3)4)13-15(16)19(5,6)7/h9-13H,8H2,1-7H3/b12-11+. The van der Waals surface area contributed by atoms with E-state index in [2.05, 4.69) is 47.6 Å². The summed E-state index contributed by atoms with van der Waals surface area (Å²) < 4.78 is 10.5. The summed E-state index contributed by atoms with van der Waals surface area (Å²) in [5.74, 6) is 0.175. The third-order valence-electron chi connectivity index (χ3n) is 3.33. The van der Waals surface area contributed by atoms with Crippen LogP contribution >= 0.6 is 0 Å². The van der Waals surface area contributed by atoms with Gasteiger partial charge in [0.2, 0.25) is 0 Å². The maximum absolute atomic E-state index is 11.9. The predicted molar refractivity (Wildman–Crippen MR) is 90.2 cm³/mol. The second-order valence-corrected chi connectivity index (χ2v) is 7.39. The molecular formula is C19H28O3. The van der Waals surface area contributed by atoms with Gasteiger partial charge < -0.3 is 9.47 Å². The summed E-state index contributed by atoms with van der Waals surface area (Å²) in [6.07, 6.45) is 2.66. The lowest BCUT2D eigenvalue weighted by molar-refractivity contribution is -0.129. The lowest BCUT2D eigenvalue weighted by Gasteiger charge is -2.26. The van der Waals surface area contributed by atoms with Crippen molar-refractivity contribution in [3.05, 3.63) is 41.7 Å². The van der Waals surface area contributed by atoms with Gasteiger partial charge in [-0.05, 0) is 29.4 Å². The Kier molecular flexibility index (Phi) is 5.81. The summed E-state index contributed by atoms with van der Waals surface area (Å²) >= 11 is 0. The summed E-state index contributed by atoms with van der Waals surface area (Å²) in [4.78, 5) is 11.9. The SMILES string of the molecule is CCO/C=C/C(=O)Oc1ccc(C(C)(C)C)cc1C(C)(C)C. The van der Waals surface area contributed by atoms with Crippen LogP contribution in [0.15, 0.2) is 30.5 Å². The molecule has 22 heavy (non-hydrogen) atoms. The third-order valence-corrected chi connectivity index (χ3v) is 3.33. The topological polar surface area (TPSA) is 35.5 Å². The predicted octanol–water partition coefficient (Wildman–Crippen LogP) is 4.74. The highest BCUT2D eigenvalue weighted by molar-refractivity contribution is 5.84. The van der Waals surface area contributed by atoms with Gasteiger partial charge in [-0.2, -0.15) is 0 Å². The lowest BCUT2D eigenvalue weighted by atomic mass is 9.80. The van der Waals surface area contributed by atoms with Gasteiger partial charge in [-0.25, -0.2) is 4.79 Å². The fourth-order valence-electron chi connectivity index (χ4n) is 2.01. The van der Waals surface area contributed by atoms with Crippen molar-refractivity contribution in [3.8, 4) is 5.75 Å². The number of hydrogen-bond acceptors (Lipinski definition) is 3. The second kappa shape index (κ2) is 6.99. The van der Waals surface area contributed by atoms with Gasteiger partial charge in [-0.1, -0.05) is 53.7 Å². The molecule has 0 aliphatic carbocycles. The summed E-state index contributed by atoms with van der Waals surface area (Å²) in [6, 6.07) is 6.03. The molecule has 0 heterocycles. The third kappa shape index (κ3) is 5.21. The first-order chi connectivity index (χ1) is 10.1. The highest BCUT2D eigenvalue weighted by Gasteiger charge is 2.23. The number of rotatable bonds is 4. The van der Waals surface area contributed by atoms with E-state index in [4.69, 9.17) is 9.47 Å². The fraction of sp³-hybridized carbons (Fsp3) is 0.526. The Labute approximate surface area is 134 Å². The number of ether oxygens (including phenoxy) is 2. The van der Waals surface area contributed by atoms with E-state index in [0.29, 0.717) is 12.4 Å². The van der Waals surface area contributed by atoms with Crippen LogP contribution < -0.4 is 4.74 Å². The van der Waals surface area contributed by atoms with Gasteiger partial charge >= 0.3 is 5.97 Å². The smallest absolute Gasteiger partial charge is 0.339 e. The summed E-state index contributed by atoms with van der Waals surface area (Å²) in [5, 5.41) is 0. The van der Waals surface area contributed by atoms with Crippen molar-refractivity contribution in [2.75, 3.05) is 6.61 Å². The average Bonchev–Trinajstić information content (AvgIpc) is 2.36. The Bertz CT molecular complexity index is 543. The molecule has 0 N–H and O–H groups in total. The number of carbonyl (C=O) groups is 1. The first-order valence-electron chi connectivity index (χ1n) is 7.70. The van der Waals surface area contributed by atoms with E-state index < -0.39 is 5.97 Å². The molecule has 0 fully saturated rings. The molecule has 0 aliphatic rings. The quantitative estimate of drug-likeness (QED) is 0.349. The molecule has 0 amide bonds. The highest BCUT2D eigenvalue weighted by atomic mass is 16.5. The van der Waals surface area contributed by atoms with Crippen LogP contribution in [-0.4, -0.2) is 12.6 Å². The van der Waals surface area contributed by atoms with E-state index in [1.165, 1.54) is 17.9 Å². The lowest BCUT2D eigenvalue weighted by Crippen LogP contribution is -2.18. The van der Waals surface area contributed by atoms with Crippen molar-refractivity contribution in [3.63, 3.8) is 0 Å². The van der Waals surface area contributed by atoms with Gasteiger partial charge in [0.05, 0.1) is 18.9 Å². The van der Waals surface area contributed by atoms with Gasteiger partial charge in [-0.15, -0.1) is 0 Å². The maximum Gasteiger partial charge on any atom is 0.339 e. The molecule has 0 spiro atoms. The van der Waals surface area contributed by atoms with Crippen LogP contribution in [0.1, 0.15) is 59.6 Å². The van der Waals surface area contributed by atoms with Crippen LogP contribution in [0.25, 0.3) is 0 Å². The molecule has 3 heteroatoms. The van der Waals surface area contributed by atoms with Crippen LogP contribution in [0.5, 0.6) is 5.75 Å². The number of hydrogen-bond donors (Lipinski definition) is 0. The van der Waals surface area contributed by atoms with E-state index in [1.54, 1.807) is 0 Å². The second-order valence-electron chi connectivity index (χ2n) is 7.39. The van der Waals surface area contributed by atoms with Crippen LogP contribution in [0.2, 0.25) is 0 Å². The van der Waals surface area contributed by atoms with Gasteiger partial charge in [0.1, 0.15) is 5.75 Å². The van der Waals surface area contributed by atoms with Crippen molar-refractivity contribution >= 4 is 5.97 Å². The Balaban J connectivity index is 3.12. The van der Waals surface area contributed by atoms with Crippen molar-refractivity contribution in [2.45, 2.75) is 59.3 Å². The Morgan fingerprint density at radius 3 is 2.23 bits per heavy atom. The monoisotopic (exact) mass is 304 g/mol. The van der Waals surface area contributed by atoms with Gasteiger partial charge in [0, 0.05) is 5.56 Å². The molecular weight excluding hydrogens is 276 g/mol. The van der Waals surface area contributed by atoms with E-state index in [0.717, 1.165) is 5.56 Å². The zero-order valence-electron chi connectivity index (χ0n) is 14.8. The van der Waals surface area contributed by atoms with E-state index >= 15 is 0 Å². The average molecular weight is 304 g/mol.